The van der Waals surface area contributed by atoms with Crippen LogP contribution in [0.5, 0.6) is 0 Å². The zero-order valence-corrected chi connectivity index (χ0v) is 4.11. The van der Waals surface area contributed by atoms with Gasteiger partial charge in [-0.15, -0.1) is 0 Å². The molecular weight excluding hydrogens is 72.1 g/mol. The van der Waals surface area contributed by atoms with Crippen molar-refractivity contribution in [1.82, 2.24) is 0 Å². The van der Waals surface area contributed by atoms with Crippen LogP contribution in [0.25, 0.3) is 0 Å². The van der Waals surface area contributed by atoms with Crippen LogP contribution in [0.1, 0.15) is 34.0 Å². The van der Waals surface area contributed by atoms with E-state index in [0.29, 0.717) is 6.90 Å². The third-order valence-corrected chi connectivity index (χ3v) is 1.47. The molecule has 0 radical (unpaired) electrons. The van der Waals surface area contributed by atoms with Crippen molar-refractivity contribution in [2.24, 2.45) is 5.92 Å². The predicted molar refractivity (Wildman–Crippen MR) is 27.6 cm³/mol. The van der Waals surface area contributed by atoms with Crippen LogP contribution in [0.3, 0.4) is 0 Å². The first kappa shape index (κ1) is 3.06. The number of hydrogen-bond donors (Lipinski definition) is 0. The molecular formula is C6H12. The molecule has 1 aliphatic rings. The quantitative estimate of drug-likeness (QED) is 0.424. The fraction of sp³-hybridized carbons (Fsp3) is 1.00. The van der Waals surface area contributed by atoms with Crippen LogP contribution >= 0.6 is 0 Å². The Hall–Kier alpha value is 0. The van der Waals surface area contributed by atoms with Gasteiger partial charge in [0.05, 0.1) is 0 Å². The van der Waals surface area contributed by atoms with Gasteiger partial charge in [-0.1, -0.05) is 32.6 Å². The molecule has 0 N–H and O–H groups in total. The average molecular weight is 86.2 g/mol. The van der Waals surface area contributed by atoms with Crippen molar-refractivity contribution < 1.29 is 1.37 Å². The van der Waals surface area contributed by atoms with Gasteiger partial charge in [-0.25, -0.2) is 0 Å². The van der Waals surface area contributed by atoms with E-state index < -0.39 is 0 Å². The molecule has 0 heterocycles. The lowest BCUT2D eigenvalue weighted by molar-refractivity contribution is 0.612. The summed E-state index contributed by atoms with van der Waals surface area (Å²) in [5.74, 6) is 0.764. The maximum atomic E-state index is 7.00. The Bertz CT molecular complexity index is 46.1. The molecule has 36 valence electrons. The second-order valence-electron chi connectivity index (χ2n) is 2.15. The molecule has 0 aromatic carbocycles. The van der Waals surface area contributed by atoms with Gasteiger partial charge in [0.1, 0.15) is 0 Å². The van der Waals surface area contributed by atoms with E-state index in [4.69, 9.17) is 1.37 Å². The number of hydrogen-bond acceptors (Lipinski definition) is 0. The molecule has 0 nitrogen and oxygen atoms in total. The first-order valence-corrected chi connectivity index (χ1v) is 2.72. The van der Waals surface area contributed by atoms with E-state index in [1.807, 2.05) is 0 Å². The molecule has 0 spiro atoms. The fourth-order valence-electron chi connectivity index (χ4n) is 1.01. The molecule has 0 atom stereocenters. The van der Waals surface area contributed by atoms with E-state index in [9.17, 15) is 0 Å². The molecule has 1 aliphatic carbocycles. The van der Waals surface area contributed by atoms with Crippen LogP contribution < -0.4 is 0 Å². The Morgan fingerprint density at radius 1 is 1.50 bits per heavy atom. The molecule has 0 amide bonds. The highest BCUT2D eigenvalue weighted by Crippen LogP contribution is 2.22. The first-order chi connectivity index (χ1) is 3.43. The van der Waals surface area contributed by atoms with Gasteiger partial charge in [-0.2, -0.15) is 0 Å². The minimum absolute atomic E-state index is 0.667. The van der Waals surface area contributed by atoms with Crippen molar-refractivity contribution >= 4 is 0 Å². The van der Waals surface area contributed by atoms with E-state index in [0.717, 1.165) is 5.92 Å². The molecule has 1 fully saturated rings. The smallest absolute Gasteiger partial charge is 0.0233 e. The normalized spacial score (nSPS) is 27.7. The molecule has 1 rings (SSSR count). The van der Waals surface area contributed by atoms with Gasteiger partial charge in [0.2, 0.25) is 0 Å². The molecule has 0 aromatic rings. The molecule has 0 aliphatic heterocycles. The summed E-state index contributed by atoms with van der Waals surface area (Å²) in [4.78, 5) is 0. The average Bonchev–Trinajstić information content (AvgIpc) is 2.14. The van der Waals surface area contributed by atoms with Crippen LogP contribution in [0.4, 0.5) is 0 Å². The summed E-state index contributed by atoms with van der Waals surface area (Å²) in [6.45, 7) is 0.667. The van der Waals surface area contributed by atoms with Crippen molar-refractivity contribution in [3.05, 3.63) is 0 Å². The third kappa shape index (κ3) is 0.735. The molecule has 0 heteroatoms. The zero-order chi connectivity index (χ0) is 5.11. The molecule has 0 aromatic heterocycles. The molecule has 0 saturated heterocycles. The molecule has 6 heavy (non-hydrogen) atoms. The summed E-state index contributed by atoms with van der Waals surface area (Å²) in [7, 11) is 0. The van der Waals surface area contributed by atoms with Gasteiger partial charge in [0.15, 0.2) is 0 Å². The minimum atomic E-state index is 0.667. The number of rotatable bonds is 0. The first-order valence-electron chi connectivity index (χ1n) is 3.43. The van der Waals surface area contributed by atoms with E-state index in [1.165, 1.54) is 25.7 Å². The Labute approximate surface area is 41.0 Å². The Balaban J connectivity index is 2.14. The van der Waals surface area contributed by atoms with E-state index in [2.05, 4.69) is 0 Å². The van der Waals surface area contributed by atoms with E-state index >= 15 is 0 Å². The Morgan fingerprint density at radius 3 is 2.50 bits per heavy atom. The fourth-order valence-corrected chi connectivity index (χ4v) is 1.01. The van der Waals surface area contributed by atoms with Crippen molar-refractivity contribution in [2.75, 3.05) is 0 Å². The zero-order valence-electron chi connectivity index (χ0n) is 5.11. The molecule has 0 bridgehead atoms. The van der Waals surface area contributed by atoms with Gasteiger partial charge in [0.25, 0.3) is 0 Å². The minimum Gasteiger partial charge on any atom is -0.0625 e. The van der Waals surface area contributed by atoms with Crippen molar-refractivity contribution in [3.8, 4) is 0 Å². The largest absolute Gasteiger partial charge is 0.0625 e. The Morgan fingerprint density at radius 2 is 2.17 bits per heavy atom. The lowest BCUT2D eigenvalue weighted by Gasteiger charge is -1.91. The summed E-state index contributed by atoms with van der Waals surface area (Å²) >= 11 is 0. The van der Waals surface area contributed by atoms with Crippen molar-refractivity contribution in [2.45, 2.75) is 32.6 Å². The van der Waals surface area contributed by atoms with E-state index in [1.54, 1.807) is 0 Å². The van der Waals surface area contributed by atoms with Gasteiger partial charge in [0, 0.05) is 1.37 Å². The highest BCUT2D eigenvalue weighted by Gasteiger charge is 2.07. The maximum Gasteiger partial charge on any atom is 0.0233 e. The van der Waals surface area contributed by atoms with E-state index in [-0.39, 0.29) is 0 Å². The third-order valence-electron chi connectivity index (χ3n) is 1.47. The highest BCUT2D eigenvalue weighted by atomic mass is 14.1. The SMILES string of the molecule is [3H]CC1CCCC1. The van der Waals surface area contributed by atoms with Gasteiger partial charge in [-0.3, -0.25) is 0 Å². The summed E-state index contributed by atoms with van der Waals surface area (Å²) in [5, 5.41) is 0. The lowest BCUT2D eigenvalue weighted by atomic mass is 10.2. The van der Waals surface area contributed by atoms with Crippen LogP contribution in [-0.2, 0) is 0 Å². The summed E-state index contributed by atoms with van der Waals surface area (Å²) in [6.07, 6.45) is 5.40. The summed E-state index contributed by atoms with van der Waals surface area (Å²) in [6, 6.07) is 0. The van der Waals surface area contributed by atoms with Crippen molar-refractivity contribution in [1.29, 1.82) is 0 Å². The topological polar surface area (TPSA) is 0 Å². The van der Waals surface area contributed by atoms with Crippen molar-refractivity contribution in [3.63, 3.8) is 0 Å². The second-order valence-corrected chi connectivity index (χ2v) is 2.15. The van der Waals surface area contributed by atoms with Gasteiger partial charge >= 0.3 is 0 Å². The van der Waals surface area contributed by atoms with Crippen LogP contribution in [0.15, 0.2) is 0 Å². The summed E-state index contributed by atoms with van der Waals surface area (Å²) < 4.78 is 7.00. The summed E-state index contributed by atoms with van der Waals surface area (Å²) in [5.41, 5.74) is 0. The van der Waals surface area contributed by atoms with Gasteiger partial charge < -0.3 is 0 Å². The van der Waals surface area contributed by atoms with Crippen LogP contribution in [0.2, 0.25) is 0 Å². The second kappa shape index (κ2) is 1.63. The molecule has 1 saturated carbocycles. The standard InChI is InChI=1S/C6H12/c1-6-4-2-3-5-6/h6H,2-5H2,1H3/i1T. The maximum absolute atomic E-state index is 7.00. The lowest BCUT2D eigenvalue weighted by Crippen LogP contribution is -1.78. The van der Waals surface area contributed by atoms with Gasteiger partial charge in [-0.05, 0) is 5.92 Å². The van der Waals surface area contributed by atoms with Crippen LogP contribution in [0, 0.1) is 5.92 Å². The highest BCUT2D eigenvalue weighted by molar-refractivity contribution is 4.60. The monoisotopic (exact) mass is 86.1 g/mol. The molecule has 0 unspecified atom stereocenters. The Kier molecular flexibility index (Phi) is 0.833. The predicted octanol–water partition coefficient (Wildman–Crippen LogP) is 2.20. The van der Waals surface area contributed by atoms with Crippen LogP contribution in [-0.4, -0.2) is 0 Å².